The Kier molecular flexibility index (Phi) is 2.05. The number of carbonyl (C=O) groups is 2. The molecule has 4 heteroatoms. The third-order valence-corrected chi connectivity index (χ3v) is 5.23. The van der Waals surface area contributed by atoms with Gasteiger partial charge in [-0.15, -0.1) is 0 Å². The van der Waals surface area contributed by atoms with E-state index in [-0.39, 0.29) is 35.3 Å². The Hall–Kier alpha value is -2.10. The van der Waals surface area contributed by atoms with Gasteiger partial charge in [-0.1, -0.05) is 24.3 Å². The van der Waals surface area contributed by atoms with Crippen LogP contribution in [-0.4, -0.2) is 16.9 Å². The summed E-state index contributed by atoms with van der Waals surface area (Å²) in [7, 11) is 0. The van der Waals surface area contributed by atoms with Crippen LogP contribution in [0.2, 0.25) is 0 Å². The van der Waals surface area contributed by atoms with Gasteiger partial charge in [-0.25, -0.2) is 4.90 Å². The summed E-state index contributed by atoms with van der Waals surface area (Å²) in [6.07, 6.45) is 5.03. The van der Waals surface area contributed by atoms with Crippen molar-refractivity contribution >= 4 is 17.5 Å². The minimum absolute atomic E-state index is 0.0296. The molecule has 2 fully saturated rings. The molecule has 4 rings (SSSR count). The third-order valence-electron chi connectivity index (χ3n) is 5.23. The van der Waals surface area contributed by atoms with E-state index in [1.807, 2.05) is 6.92 Å². The molecule has 1 N–H and O–H groups in total. The Morgan fingerprint density at radius 2 is 2.00 bits per heavy atom. The smallest absolute Gasteiger partial charge is 0.241 e. The van der Waals surface area contributed by atoms with Crippen LogP contribution < -0.4 is 4.90 Å². The molecule has 0 aromatic heterocycles. The zero-order valence-electron chi connectivity index (χ0n) is 11.1. The van der Waals surface area contributed by atoms with Crippen molar-refractivity contribution in [1.29, 1.82) is 0 Å². The Balaban J connectivity index is 1.85. The summed E-state index contributed by atoms with van der Waals surface area (Å²) in [6.45, 7) is 1.89. The quantitative estimate of drug-likeness (QED) is 0.627. The summed E-state index contributed by atoms with van der Waals surface area (Å²) in [5.41, 5.74) is -0.337. The van der Waals surface area contributed by atoms with Crippen LogP contribution in [0.25, 0.3) is 0 Å². The molecule has 2 aliphatic carbocycles. The first-order valence-electron chi connectivity index (χ1n) is 6.90. The molecule has 20 heavy (non-hydrogen) atoms. The number of phenolic OH excluding ortho intramolecular Hbond substituents is 1. The predicted molar refractivity (Wildman–Crippen MR) is 72.9 cm³/mol. The maximum absolute atomic E-state index is 12.8. The second kappa shape index (κ2) is 3.51. The highest BCUT2D eigenvalue weighted by Crippen LogP contribution is 2.61. The second-order valence-corrected chi connectivity index (χ2v) is 6.12. The molecule has 4 nitrogen and oxygen atoms in total. The van der Waals surface area contributed by atoms with E-state index in [0.29, 0.717) is 5.69 Å². The minimum atomic E-state index is -0.640. The molecule has 0 spiro atoms. The van der Waals surface area contributed by atoms with E-state index in [2.05, 4.69) is 12.2 Å². The first-order valence-corrected chi connectivity index (χ1v) is 6.90. The fourth-order valence-corrected chi connectivity index (χ4v) is 4.19. The number of allylic oxidation sites excluding steroid dienone is 2. The number of hydrogen-bond donors (Lipinski definition) is 1. The zero-order valence-corrected chi connectivity index (χ0v) is 11.1. The normalized spacial score (nSPS) is 37.9. The van der Waals surface area contributed by atoms with Crippen molar-refractivity contribution in [3.8, 4) is 5.75 Å². The molecule has 2 amide bonds. The summed E-state index contributed by atoms with van der Waals surface area (Å²) in [5.74, 6) is -0.341. The van der Waals surface area contributed by atoms with Gasteiger partial charge in [0.1, 0.15) is 5.75 Å². The van der Waals surface area contributed by atoms with E-state index in [9.17, 15) is 14.7 Å². The molecule has 1 saturated carbocycles. The largest absolute Gasteiger partial charge is 0.506 e. The van der Waals surface area contributed by atoms with Crippen LogP contribution in [0.5, 0.6) is 5.75 Å². The van der Waals surface area contributed by atoms with Gasteiger partial charge in [0.05, 0.1) is 17.0 Å². The number of phenols is 1. The molecule has 1 heterocycles. The molecule has 4 atom stereocenters. The summed E-state index contributed by atoms with van der Waals surface area (Å²) in [5, 5.41) is 9.94. The van der Waals surface area contributed by atoms with Gasteiger partial charge in [0, 0.05) is 0 Å². The SMILES string of the molecule is C[C@]12C(=O)N(c3ccccc3O)C(=O)[C@@H]1[C@H]1C=C[C@H]2C1. The monoisotopic (exact) mass is 269 g/mol. The van der Waals surface area contributed by atoms with Gasteiger partial charge in [0.15, 0.2) is 0 Å². The van der Waals surface area contributed by atoms with Gasteiger partial charge in [-0.2, -0.15) is 0 Å². The number of aromatic hydroxyl groups is 1. The molecule has 1 saturated heterocycles. The number of benzene rings is 1. The van der Waals surface area contributed by atoms with Crippen molar-refractivity contribution in [3.05, 3.63) is 36.4 Å². The zero-order chi connectivity index (χ0) is 14.1. The van der Waals surface area contributed by atoms with Crippen LogP contribution in [-0.2, 0) is 9.59 Å². The molecule has 1 aromatic carbocycles. The van der Waals surface area contributed by atoms with Gasteiger partial charge in [0.2, 0.25) is 11.8 Å². The number of para-hydroxylation sites is 2. The molecule has 1 aliphatic heterocycles. The molecule has 0 radical (unpaired) electrons. The van der Waals surface area contributed by atoms with Crippen molar-refractivity contribution < 1.29 is 14.7 Å². The van der Waals surface area contributed by atoms with Crippen molar-refractivity contribution in [1.82, 2.24) is 0 Å². The van der Waals surface area contributed by atoms with Gasteiger partial charge in [-0.3, -0.25) is 9.59 Å². The van der Waals surface area contributed by atoms with E-state index in [4.69, 9.17) is 0 Å². The van der Waals surface area contributed by atoms with Gasteiger partial charge >= 0.3 is 0 Å². The molecule has 2 bridgehead atoms. The first-order chi connectivity index (χ1) is 9.55. The maximum atomic E-state index is 12.8. The number of imide groups is 1. The van der Waals surface area contributed by atoms with Crippen LogP contribution in [0.1, 0.15) is 13.3 Å². The van der Waals surface area contributed by atoms with Gasteiger partial charge < -0.3 is 5.11 Å². The Morgan fingerprint density at radius 3 is 2.70 bits per heavy atom. The van der Waals surface area contributed by atoms with Crippen LogP contribution in [0, 0.1) is 23.2 Å². The van der Waals surface area contributed by atoms with Crippen molar-refractivity contribution in [2.75, 3.05) is 4.90 Å². The summed E-state index contributed by atoms with van der Waals surface area (Å²) in [4.78, 5) is 26.7. The Morgan fingerprint density at radius 1 is 1.25 bits per heavy atom. The highest BCUT2D eigenvalue weighted by molar-refractivity contribution is 6.25. The first kappa shape index (κ1) is 11.7. The van der Waals surface area contributed by atoms with Crippen LogP contribution >= 0.6 is 0 Å². The lowest BCUT2D eigenvalue weighted by Gasteiger charge is -2.28. The van der Waals surface area contributed by atoms with Crippen molar-refractivity contribution in [2.45, 2.75) is 13.3 Å². The van der Waals surface area contributed by atoms with Crippen LogP contribution in [0.3, 0.4) is 0 Å². The van der Waals surface area contributed by atoms with E-state index in [1.165, 1.54) is 11.0 Å². The molecule has 3 aliphatic rings. The van der Waals surface area contributed by atoms with E-state index in [1.54, 1.807) is 18.2 Å². The van der Waals surface area contributed by atoms with Crippen molar-refractivity contribution in [2.24, 2.45) is 23.2 Å². The highest BCUT2D eigenvalue weighted by atomic mass is 16.3. The molecular weight excluding hydrogens is 254 g/mol. The molecule has 102 valence electrons. The fourth-order valence-electron chi connectivity index (χ4n) is 4.19. The number of rotatable bonds is 1. The lowest BCUT2D eigenvalue weighted by Crippen LogP contribution is -2.37. The number of nitrogens with zero attached hydrogens (tertiary/aromatic N) is 1. The number of amides is 2. The summed E-state index contributed by atoms with van der Waals surface area (Å²) >= 11 is 0. The fraction of sp³-hybridized carbons (Fsp3) is 0.375. The number of anilines is 1. The van der Waals surface area contributed by atoms with Crippen molar-refractivity contribution in [3.63, 3.8) is 0 Å². The maximum Gasteiger partial charge on any atom is 0.241 e. The van der Waals surface area contributed by atoms with Gasteiger partial charge in [0.25, 0.3) is 0 Å². The highest BCUT2D eigenvalue weighted by Gasteiger charge is 2.67. The van der Waals surface area contributed by atoms with Gasteiger partial charge in [-0.05, 0) is 37.3 Å². The average Bonchev–Trinajstić information content (AvgIpc) is 3.05. The lowest BCUT2D eigenvalue weighted by molar-refractivity contribution is -0.127. The molecule has 1 aromatic rings. The Bertz CT molecular complexity index is 665. The Labute approximate surface area is 116 Å². The lowest BCUT2D eigenvalue weighted by atomic mass is 9.71. The van der Waals surface area contributed by atoms with Crippen LogP contribution in [0.4, 0.5) is 5.69 Å². The number of fused-ring (bicyclic) bond motifs is 5. The predicted octanol–water partition coefficient (Wildman–Crippen LogP) is 2.09. The van der Waals surface area contributed by atoms with Crippen LogP contribution in [0.15, 0.2) is 36.4 Å². The second-order valence-electron chi connectivity index (χ2n) is 6.12. The van der Waals surface area contributed by atoms with E-state index >= 15 is 0 Å². The standard InChI is InChI=1S/C16H15NO3/c1-16-10-7-6-9(8-10)13(16)14(19)17(15(16)20)11-4-2-3-5-12(11)18/h2-7,9-10,13,18H,8H2,1H3/t9-,10-,13-,16+/m0/s1. The third kappa shape index (κ3) is 1.13. The number of carbonyl (C=O) groups excluding carboxylic acids is 2. The minimum Gasteiger partial charge on any atom is -0.506 e. The van der Waals surface area contributed by atoms with E-state index in [0.717, 1.165) is 6.42 Å². The van der Waals surface area contributed by atoms with E-state index < -0.39 is 5.41 Å². The summed E-state index contributed by atoms with van der Waals surface area (Å²) < 4.78 is 0. The number of hydrogen-bond acceptors (Lipinski definition) is 3. The average molecular weight is 269 g/mol. The summed E-state index contributed by atoms with van der Waals surface area (Å²) in [6, 6.07) is 6.51. The molecule has 0 unspecified atom stereocenters. The topological polar surface area (TPSA) is 57.6 Å². The molecular formula is C16H15NO3.